The predicted octanol–water partition coefficient (Wildman–Crippen LogP) is 0.628. The fraction of sp³-hybridized carbons (Fsp3) is 0. The van der Waals surface area contributed by atoms with Gasteiger partial charge in [0.25, 0.3) is 0 Å². The van der Waals surface area contributed by atoms with Crippen molar-refractivity contribution in [3.63, 3.8) is 0 Å². The van der Waals surface area contributed by atoms with Crippen LogP contribution in [0, 0.1) is 7.43 Å². The molecule has 2 N–H and O–H groups in total. The van der Waals surface area contributed by atoms with Gasteiger partial charge in [-0.2, -0.15) is 0 Å². The summed E-state index contributed by atoms with van der Waals surface area (Å²) in [6.07, 6.45) is 3.02. The summed E-state index contributed by atoms with van der Waals surface area (Å²) in [6.45, 7) is 0. The Labute approximate surface area is 91.3 Å². The summed E-state index contributed by atoms with van der Waals surface area (Å²) in [6, 6.07) is 3.29. The molecule has 1 aromatic rings. The van der Waals surface area contributed by atoms with E-state index in [2.05, 4.69) is 4.98 Å². The van der Waals surface area contributed by atoms with Crippen LogP contribution in [0.4, 0.5) is 0 Å². The van der Waals surface area contributed by atoms with E-state index in [0.717, 1.165) is 0 Å². The van der Waals surface area contributed by atoms with Gasteiger partial charge < -0.3 is 13.2 Å². The van der Waals surface area contributed by atoms with Crippen LogP contribution in [-0.4, -0.2) is 10.9 Å². The standard InChI is InChI=1S/C6H6N2O.CH3.Y/c7-6(9)5-2-1-3-8-4-5;;/h1-4H,(H2,7,9);1H3;/q;-1;. The van der Waals surface area contributed by atoms with Crippen molar-refractivity contribution in [1.82, 2.24) is 4.98 Å². The molecule has 57 valence electrons. The molecule has 0 spiro atoms. The topological polar surface area (TPSA) is 56.0 Å². The van der Waals surface area contributed by atoms with E-state index in [1.54, 1.807) is 18.3 Å². The first-order valence-corrected chi connectivity index (χ1v) is 2.50. The number of hydrogen-bond donors (Lipinski definition) is 1. The second kappa shape index (κ2) is 6.44. The fourth-order valence-electron chi connectivity index (χ4n) is 0.509. The predicted molar refractivity (Wildman–Crippen MR) is 39.2 cm³/mol. The van der Waals surface area contributed by atoms with Crippen LogP contribution < -0.4 is 5.73 Å². The van der Waals surface area contributed by atoms with Crippen LogP contribution in [0.15, 0.2) is 24.5 Å². The molecule has 3 nitrogen and oxygen atoms in total. The minimum absolute atomic E-state index is 0. The van der Waals surface area contributed by atoms with Gasteiger partial charge in [-0.15, -0.1) is 0 Å². The summed E-state index contributed by atoms with van der Waals surface area (Å²) < 4.78 is 0. The molecular formula is C7H9N2OY-. The Kier molecular flexibility index (Phi) is 7.79. The van der Waals surface area contributed by atoms with Gasteiger partial charge in [-0.25, -0.2) is 0 Å². The normalized spacial score (nSPS) is 7.27. The van der Waals surface area contributed by atoms with Crippen molar-refractivity contribution in [2.45, 2.75) is 0 Å². The number of amides is 1. The van der Waals surface area contributed by atoms with Crippen LogP contribution >= 0.6 is 0 Å². The Morgan fingerprint density at radius 1 is 1.55 bits per heavy atom. The van der Waals surface area contributed by atoms with E-state index in [9.17, 15) is 4.79 Å². The van der Waals surface area contributed by atoms with Crippen LogP contribution in [-0.2, 0) is 32.7 Å². The molecule has 0 fully saturated rings. The molecule has 0 aliphatic carbocycles. The van der Waals surface area contributed by atoms with E-state index in [-0.39, 0.29) is 40.1 Å². The van der Waals surface area contributed by atoms with Gasteiger partial charge in [-0.3, -0.25) is 9.78 Å². The van der Waals surface area contributed by atoms with E-state index >= 15 is 0 Å². The molecule has 4 heteroatoms. The van der Waals surface area contributed by atoms with Gasteiger partial charge in [0, 0.05) is 45.1 Å². The van der Waals surface area contributed by atoms with Crippen LogP contribution in [0.3, 0.4) is 0 Å². The number of nitrogens with two attached hydrogens (primary N) is 1. The van der Waals surface area contributed by atoms with Gasteiger partial charge in [-0.05, 0) is 12.1 Å². The summed E-state index contributed by atoms with van der Waals surface area (Å²) in [7, 11) is 0. The number of carbonyl (C=O) groups is 1. The van der Waals surface area contributed by atoms with E-state index in [0.29, 0.717) is 5.56 Å². The Balaban J connectivity index is 0. The van der Waals surface area contributed by atoms with Gasteiger partial charge in [-0.1, -0.05) is 0 Å². The Bertz CT molecular complexity index is 213. The number of aromatic nitrogens is 1. The summed E-state index contributed by atoms with van der Waals surface area (Å²) in [5, 5.41) is 0. The van der Waals surface area contributed by atoms with Gasteiger partial charge in [0.05, 0.1) is 5.56 Å². The minimum atomic E-state index is -0.442. The smallest absolute Gasteiger partial charge is 0.250 e. The summed E-state index contributed by atoms with van der Waals surface area (Å²) in [5.74, 6) is -0.442. The molecule has 0 bridgehead atoms. The van der Waals surface area contributed by atoms with Crippen LogP contribution in [0.5, 0.6) is 0 Å². The maximum atomic E-state index is 10.4. The zero-order valence-electron chi connectivity index (χ0n) is 6.32. The number of carbonyl (C=O) groups excluding carboxylic acids is 1. The Morgan fingerprint density at radius 2 is 2.18 bits per heavy atom. The molecule has 0 unspecified atom stereocenters. The fourth-order valence-corrected chi connectivity index (χ4v) is 0.509. The molecule has 0 atom stereocenters. The molecule has 0 saturated carbocycles. The second-order valence-corrected chi connectivity index (χ2v) is 1.61. The number of rotatable bonds is 1. The summed E-state index contributed by atoms with van der Waals surface area (Å²) >= 11 is 0. The molecule has 1 radical (unpaired) electrons. The molecule has 1 rings (SSSR count). The van der Waals surface area contributed by atoms with Gasteiger partial charge >= 0.3 is 0 Å². The van der Waals surface area contributed by atoms with Crippen molar-refractivity contribution in [2.24, 2.45) is 5.73 Å². The van der Waals surface area contributed by atoms with E-state index < -0.39 is 5.91 Å². The summed E-state index contributed by atoms with van der Waals surface area (Å²) in [5.41, 5.74) is 5.38. The van der Waals surface area contributed by atoms with E-state index in [4.69, 9.17) is 5.73 Å². The van der Waals surface area contributed by atoms with Crippen molar-refractivity contribution in [3.05, 3.63) is 37.5 Å². The first-order chi connectivity index (χ1) is 4.30. The molecule has 1 amide bonds. The first-order valence-electron chi connectivity index (χ1n) is 2.50. The number of pyridine rings is 1. The molecule has 0 aliphatic rings. The quantitative estimate of drug-likeness (QED) is 0.714. The number of nitrogens with zero attached hydrogens (tertiary/aromatic N) is 1. The van der Waals surface area contributed by atoms with E-state index in [1.807, 2.05) is 0 Å². The maximum absolute atomic E-state index is 10.4. The van der Waals surface area contributed by atoms with Crippen LogP contribution in [0.25, 0.3) is 0 Å². The van der Waals surface area contributed by atoms with Gasteiger partial charge in [0.15, 0.2) is 0 Å². The molecule has 0 saturated heterocycles. The summed E-state index contributed by atoms with van der Waals surface area (Å²) in [4.78, 5) is 14.1. The minimum Gasteiger partial charge on any atom is -0.366 e. The third-order valence-electron chi connectivity index (χ3n) is 0.946. The van der Waals surface area contributed by atoms with Crippen molar-refractivity contribution < 1.29 is 37.5 Å². The Hall–Kier alpha value is -0.276. The van der Waals surface area contributed by atoms with Crippen LogP contribution in [0.1, 0.15) is 10.4 Å². The number of primary amides is 1. The van der Waals surface area contributed by atoms with Crippen molar-refractivity contribution >= 4 is 5.91 Å². The number of hydrogen-bond acceptors (Lipinski definition) is 2. The van der Waals surface area contributed by atoms with Crippen molar-refractivity contribution in [2.75, 3.05) is 0 Å². The first kappa shape index (κ1) is 13.3. The molecule has 0 aliphatic heterocycles. The average molecular weight is 226 g/mol. The largest absolute Gasteiger partial charge is 0.366 e. The zero-order valence-corrected chi connectivity index (χ0v) is 9.16. The second-order valence-electron chi connectivity index (χ2n) is 1.61. The molecule has 1 heterocycles. The van der Waals surface area contributed by atoms with Crippen molar-refractivity contribution in [3.8, 4) is 0 Å². The monoisotopic (exact) mass is 226 g/mol. The van der Waals surface area contributed by atoms with E-state index in [1.165, 1.54) is 6.20 Å². The molecular weight excluding hydrogens is 217 g/mol. The van der Waals surface area contributed by atoms with Crippen LogP contribution in [0.2, 0.25) is 0 Å². The SMILES string of the molecule is NC(=O)c1cccnc1.[CH3-].[Y]. The molecule has 11 heavy (non-hydrogen) atoms. The van der Waals surface area contributed by atoms with Gasteiger partial charge in [0.2, 0.25) is 5.91 Å². The molecule has 1 aromatic heterocycles. The maximum Gasteiger partial charge on any atom is 0.250 e. The Morgan fingerprint density at radius 3 is 2.45 bits per heavy atom. The zero-order chi connectivity index (χ0) is 6.69. The third kappa shape index (κ3) is 4.22. The molecule has 0 aromatic carbocycles. The van der Waals surface area contributed by atoms with Crippen molar-refractivity contribution in [1.29, 1.82) is 0 Å². The third-order valence-corrected chi connectivity index (χ3v) is 0.946. The average Bonchev–Trinajstić information content (AvgIpc) is 1.90. The van der Waals surface area contributed by atoms with Gasteiger partial charge in [0.1, 0.15) is 0 Å².